The van der Waals surface area contributed by atoms with Crippen molar-refractivity contribution in [3.05, 3.63) is 36.2 Å². The van der Waals surface area contributed by atoms with Crippen LogP contribution in [-0.2, 0) is 12.1 Å². The molecule has 6 nitrogen and oxygen atoms in total. The summed E-state index contributed by atoms with van der Waals surface area (Å²) in [4.78, 5) is 21.7. The number of aromatic nitrogens is 4. The first-order chi connectivity index (χ1) is 10.9. The first-order valence-electron chi connectivity index (χ1n) is 7.29. The number of hydrogen-bond donors (Lipinski definition) is 1. The van der Waals surface area contributed by atoms with Gasteiger partial charge in [0, 0.05) is 25.1 Å². The molecular formula is C14H14F3N5O. The van der Waals surface area contributed by atoms with Gasteiger partial charge in [0.1, 0.15) is 23.6 Å². The fraction of sp³-hybridized carbons (Fsp3) is 0.500. The molecule has 0 atom stereocenters. The fourth-order valence-electron chi connectivity index (χ4n) is 3.68. The lowest BCUT2D eigenvalue weighted by atomic mass is 9.72. The number of carbonyl (C=O) groups is 1. The van der Waals surface area contributed by atoms with E-state index >= 15 is 0 Å². The minimum atomic E-state index is -4.36. The summed E-state index contributed by atoms with van der Waals surface area (Å²) in [5.74, 6) is 0.804. The van der Waals surface area contributed by atoms with E-state index in [2.05, 4.69) is 15.1 Å². The number of aromatic amines is 1. The molecule has 1 N–H and O–H groups in total. The minimum Gasteiger partial charge on any atom is -0.347 e. The third-order valence-corrected chi connectivity index (χ3v) is 4.60. The molecule has 2 aromatic heterocycles. The number of imidazole rings is 1. The number of alkyl halides is 3. The van der Waals surface area contributed by atoms with E-state index < -0.39 is 18.3 Å². The second-order valence-electron chi connectivity index (χ2n) is 6.17. The lowest BCUT2D eigenvalue weighted by Crippen LogP contribution is -2.46. The van der Waals surface area contributed by atoms with Gasteiger partial charge in [-0.3, -0.25) is 9.48 Å². The Labute approximate surface area is 129 Å². The third kappa shape index (κ3) is 2.22. The summed E-state index contributed by atoms with van der Waals surface area (Å²) in [5.41, 5.74) is -0.424. The van der Waals surface area contributed by atoms with E-state index in [-0.39, 0.29) is 11.6 Å². The van der Waals surface area contributed by atoms with Crippen LogP contribution in [0.3, 0.4) is 0 Å². The Bertz CT molecular complexity index is 730. The van der Waals surface area contributed by atoms with Crippen LogP contribution in [0.5, 0.6) is 0 Å². The Morgan fingerprint density at radius 3 is 2.87 bits per heavy atom. The summed E-state index contributed by atoms with van der Waals surface area (Å²) in [7, 11) is 0. The number of hydrogen-bond acceptors (Lipinski definition) is 3. The molecule has 2 saturated heterocycles. The van der Waals surface area contributed by atoms with Gasteiger partial charge in [-0.05, 0) is 24.8 Å². The van der Waals surface area contributed by atoms with Crippen molar-refractivity contribution in [2.75, 3.05) is 6.54 Å². The molecular weight excluding hydrogens is 311 g/mol. The van der Waals surface area contributed by atoms with Crippen LogP contribution in [0.4, 0.5) is 13.2 Å². The highest BCUT2D eigenvalue weighted by Crippen LogP contribution is 2.56. The summed E-state index contributed by atoms with van der Waals surface area (Å²) >= 11 is 0. The highest BCUT2D eigenvalue weighted by molar-refractivity contribution is 5.93. The van der Waals surface area contributed by atoms with Gasteiger partial charge in [0.2, 0.25) is 0 Å². The Kier molecular flexibility index (Phi) is 2.85. The fourth-order valence-corrected chi connectivity index (χ4v) is 3.68. The lowest BCUT2D eigenvalue weighted by molar-refractivity contribution is -0.142. The molecule has 3 aliphatic rings. The molecule has 23 heavy (non-hydrogen) atoms. The van der Waals surface area contributed by atoms with Gasteiger partial charge in [-0.1, -0.05) is 0 Å². The van der Waals surface area contributed by atoms with Crippen LogP contribution in [0.1, 0.15) is 29.2 Å². The van der Waals surface area contributed by atoms with Crippen molar-refractivity contribution >= 4 is 5.91 Å². The maximum absolute atomic E-state index is 12.7. The summed E-state index contributed by atoms with van der Waals surface area (Å²) in [6, 6.07) is 1.33. The number of fused-ring (bicyclic) bond motifs is 1. The molecule has 0 spiro atoms. The molecule has 1 aliphatic carbocycles. The van der Waals surface area contributed by atoms with Gasteiger partial charge in [0.15, 0.2) is 0 Å². The zero-order valence-corrected chi connectivity index (χ0v) is 12.0. The predicted octanol–water partition coefficient (Wildman–Crippen LogP) is 1.93. The van der Waals surface area contributed by atoms with E-state index in [0.717, 1.165) is 23.3 Å². The van der Waals surface area contributed by atoms with Crippen molar-refractivity contribution in [1.29, 1.82) is 0 Å². The number of nitrogens with one attached hydrogen (secondary N) is 1. The van der Waals surface area contributed by atoms with Crippen LogP contribution < -0.4 is 0 Å². The number of H-pyrrole nitrogens is 1. The monoisotopic (exact) mass is 325 g/mol. The molecule has 5 rings (SSSR count). The van der Waals surface area contributed by atoms with E-state index in [1.807, 2.05) is 0 Å². The summed E-state index contributed by atoms with van der Waals surface area (Å²) < 4.78 is 37.9. The molecule has 2 aliphatic heterocycles. The average molecular weight is 325 g/mol. The maximum atomic E-state index is 12.7. The van der Waals surface area contributed by atoms with Crippen molar-refractivity contribution in [3.8, 4) is 0 Å². The van der Waals surface area contributed by atoms with Crippen molar-refractivity contribution in [2.45, 2.75) is 31.1 Å². The van der Waals surface area contributed by atoms with E-state index in [4.69, 9.17) is 0 Å². The summed E-state index contributed by atoms with van der Waals surface area (Å²) in [6.07, 6.45) is 1.82. The zero-order chi connectivity index (χ0) is 16.2. The van der Waals surface area contributed by atoms with Gasteiger partial charge in [0.25, 0.3) is 5.91 Å². The Balaban J connectivity index is 1.58. The molecule has 0 aromatic carbocycles. The number of halogens is 3. The van der Waals surface area contributed by atoms with Gasteiger partial charge < -0.3 is 9.88 Å². The maximum Gasteiger partial charge on any atom is 0.408 e. The molecule has 0 radical (unpaired) electrons. The quantitative estimate of drug-likeness (QED) is 0.938. The molecule has 9 heteroatoms. The number of amides is 1. The Morgan fingerprint density at radius 1 is 1.43 bits per heavy atom. The smallest absolute Gasteiger partial charge is 0.347 e. The number of carbonyl (C=O) groups excluding carboxylic acids is 1. The SMILES string of the molecule is O=C(c1ccn(CC(F)(F)F)n1)N1CC2CC1(c1ncc[nH]1)C2. The van der Waals surface area contributed by atoms with E-state index in [9.17, 15) is 18.0 Å². The zero-order valence-electron chi connectivity index (χ0n) is 12.0. The minimum absolute atomic E-state index is 0.0349. The third-order valence-electron chi connectivity index (χ3n) is 4.60. The average Bonchev–Trinajstić information content (AvgIpc) is 3.17. The van der Waals surface area contributed by atoms with Crippen LogP contribution in [0, 0.1) is 5.92 Å². The van der Waals surface area contributed by atoms with Gasteiger partial charge in [-0.2, -0.15) is 18.3 Å². The van der Waals surface area contributed by atoms with Crippen molar-refractivity contribution in [1.82, 2.24) is 24.6 Å². The molecule has 1 saturated carbocycles. The Morgan fingerprint density at radius 2 is 2.22 bits per heavy atom. The van der Waals surface area contributed by atoms with Crippen LogP contribution in [-0.4, -0.2) is 43.3 Å². The number of nitrogens with zero attached hydrogens (tertiary/aromatic N) is 4. The van der Waals surface area contributed by atoms with E-state index in [1.54, 1.807) is 17.3 Å². The standard InChI is InChI=1S/C14H14F3N5O/c15-14(16,17)8-21-4-1-10(20-21)11(23)22-7-9-5-13(22,6-9)12-18-2-3-19-12/h1-4,9H,5-8H2,(H,18,19). The van der Waals surface area contributed by atoms with Gasteiger partial charge in [0.05, 0.1) is 0 Å². The molecule has 122 valence electrons. The molecule has 1 amide bonds. The molecule has 2 bridgehead atoms. The molecule has 2 aromatic rings. The second kappa shape index (κ2) is 4.59. The summed E-state index contributed by atoms with van der Waals surface area (Å²) in [6.45, 7) is -0.613. The van der Waals surface area contributed by atoms with Crippen LogP contribution in [0.25, 0.3) is 0 Å². The lowest BCUT2D eigenvalue weighted by Gasteiger charge is -2.40. The normalized spacial score (nSPS) is 26.4. The van der Waals surface area contributed by atoms with E-state index in [0.29, 0.717) is 12.5 Å². The van der Waals surface area contributed by atoms with Crippen LogP contribution in [0.2, 0.25) is 0 Å². The van der Waals surface area contributed by atoms with Gasteiger partial charge >= 0.3 is 6.18 Å². The van der Waals surface area contributed by atoms with Crippen molar-refractivity contribution in [2.24, 2.45) is 5.92 Å². The van der Waals surface area contributed by atoms with Crippen molar-refractivity contribution < 1.29 is 18.0 Å². The highest BCUT2D eigenvalue weighted by atomic mass is 19.4. The van der Waals surface area contributed by atoms with Crippen LogP contribution in [0.15, 0.2) is 24.7 Å². The Hall–Kier alpha value is -2.32. The summed E-state index contributed by atoms with van der Waals surface area (Å²) in [5, 5.41) is 3.78. The van der Waals surface area contributed by atoms with E-state index in [1.165, 1.54) is 12.3 Å². The topological polar surface area (TPSA) is 66.8 Å². The first kappa shape index (κ1) is 14.3. The molecule has 0 unspecified atom stereocenters. The first-order valence-corrected chi connectivity index (χ1v) is 7.29. The van der Waals surface area contributed by atoms with Gasteiger partial charge in [-0.15, -0.1) is 0 Å². The predicted molar refractivity (Wildman–Crippen MR) is 72.3 cm³/mol. The molecule has 4 heterocycles. The largest absolute Gasteiger partial charge is 0.408 e. The molecule has 3 fully saturated rings. The van der Waals surface area contributed by atoms with Crippen molar-refractivity contribution in [3.63, 3.8) is 0 Å². The second-order valence-corrected chi connectivity index (χ2v) is 6.17. The highest BCUT2D eigenvalue weighted by Gasteiger charge is 2.60. The van der Waals surface area contributed by atoms with Crippen LogP contribution >= 0.6 is 0 Å². The van der Waals surface area contributed by atoms with Gasteiger partial charge in [-0.25, -0.2) is 4.98 Å². The number of rotatable bonds is 3.